The van der Waals surface area contributed by atoms with Crippen LogP contribution >= 0.6 is 0 Å². The van der Waals surface area contributed by atoms with Crippen molar-refractivity contribution in [3.05, 3.63) is 23.8 Å². The van der Waals surface area contributed by atoms with Crippen molar-refractivity contribution in [2.75, 3.05) is 20.3 Å². The number of hydrogen-bond donors (Lipinski definition) is 1. The molecular weight excluding hydrogens is 262 g/mol. The van der Waals surface area contributed by atoms with Gasteiger partial charge in [-0.15, -0.1) is 0 Å². The lowest BCUT2D eigenvalue weighted by molar-refractivity contribution is 0.199. The van der Waals surface area contributed by atoms with Crippen molar-refractivity contribution in [2.24, 2.45) is 11.8 Å². The number of nitrogens with one attached hydrogen (secondary N) is 1. The Labute approximate surface area is 128 Å². The van der Waals surface area contributed by atoms with Crippen LogP contribution in [0.5, 0.6) is 0 Å². The molecule has 0 amide bonds. The Hall–Kier alpha value is -1.00. The fraction of sp³-hybridized carbons (Fsp3) is 0.765. The molecule has 0 atom stereocenters. The molecule has 118 valence electrons. The number of methoxy groups -OCH3 is 1. The molecule has 1 fully saturated rings. The summed E-state index contributed by atoms with van der Waals surface area (Å²) in [4.78, 5) is 9.18. The topological polar surface area (TPSA) is 47.0 Å². The number of nitrogens with zero attached hydrogens (tertiary/aromatic N) is 2. The number of aromatic nitrogens is 2. The van der Waals surface area contributed by atoms with Gasteiger partial charge in [-0.3, -0.25) is 0 Å². The van der Waals surface area contributed by atoms with E-state index in [1.54, 1.807) is 7.11 Å². The first-order chi connectivity index (χ1) is 10.2. The second-order valence-electron chi connectivity index (χ2n) is 6.47. The summed E-state index contributed by atoms with van der Waals surface area (Å²) in [6.07, 6.45) is 9.08. The van der Waals surface area contributed by atoms with Gasteiger partial charge in [0, 0.05) is 44.1 Å². The van der Waals surface area contributed by atoms with Crippen LogP contribution in [-0.4, -0.2) is 30.2 Å². The van der Waals surface area contributed by atoms with E-state index in [0.29, 0.717) is 5.92 Å². The Bertz CT molecular complexity index is 397. The highest BCUT2D eigenvalue weighted by atomic mass is 16.5. The quantitative estimate of drug-likeness (QED) is 0.784. The normalized spacial score (nSPS) is 22.7. The second-order valence-corrected chi connectivity index (χ2v) is 6.47. The summed E-state index contributed by atoms with van der Waals surface area (Å²) < 4.78 is 5.01. The third-order valence-corrected chi connectivity index (χ3v) is 4.62. The van der Waals surface area contributed by atoms with Crippen molar-refractivity contribution in [1.82, 2.24) is 15.3 Å². The summed E-state index contributed by atoms with van der Waals surface area (Å²) in [5.74, 6) is 3.31. The Morgan fingerprint density at radius 1 is 1.19 bits per heavy atom. The second kappa shape index (κ2) is 8.44. The predicted octanol–water partition coefficient (Wildman–Crippen LogP) is 3.14. The minimum Gasteiger partial charge on any atom is -0.383 e. The highest BCUT2D eigenvalue weighted by Crippen LogP contribution is 2.37. The molecule has 0 saturated heterocycles. The zero-order valence-corrected chi connectivity index (χ0v) is 13.6. The van der Waals surface area contributed by atoms with Crippen LogP contribution in [0.1, 0.15) is 56.8 Å². The molecule has 0 aromatic carbocycles. The molecule has 1 aromatic heterocycles. The Balaban J connectivity index is 1.80. The van der Waals surface area contributed by atoms with Gasteiger partial charge in [0.05, 0.1) is 6.61 Å². The summed E-state index contributed by atoms with van der Waals surface area (Å²) in [7, 11) is 1.72. The molecule has 1 N–H and O–H groups in total. The summed E-state index contributed by atoms with van der Waals surface area (Å²) in [5.41, 5.74) is 1.14. The highest BCUT2D eigenvalue weighted by Gasteiger charge is 2.25. The van der Waals surface area contributed by atoms with Crippen LogP contribution in [0.15, 0.2) is 12.4 Å². The minimum atomic E-state index is 0.565. The van der Waals surface area contributed by atoms with Crippen LogP contribution in [0.2, 0.25) is 0 Å². The molecule has 4 heteroatoms. The molecule has 0 aliphatic heterocycles. The van der Waals surface area contributed by atoms with E-state index in [9.17, 15) is 0 Å². The standard InChI is InChI=1S/C17H29N3O/c1-13(2)15-4-6-16(7-5-15)17-19-11-14(12-20-17)10-18-8-9-21-3/h11-13,15-16,18H,4-10H2,1-3H3. The van der Waals surface area contributed by atoms with Crippen molar-refractivity contribution in [1.29, 1.82) is 0 Å². The van der Waals surface area contributed by atoms with Gasteiger partial charge < -0.3 is 10.1 Å². The summed E-state index contributed by atoms with van der Waals surface area (Å²) >= 11 is 0. The third-order valence-electron chi connectivity index (χ3n) is 4.62. The smallest absolute Gasteiger partial charge is 0.131 e. The molecule has 4 nitrogen and oxygen atoms in total. The highest BCUT2D eigenvalue weighted by molar-refractivity contribution is 5.08. The average molecular weight is 291 g/mol. The third kappa shape index (κ3) is 5.04. The van der Waals surface area contributed by atoms with Crippen LogP contribution in [0.4, 0.5) is 0 Å². The van der Waals surface area contributed by atoms with E-state index in [1.165, 1.54) is 25.7 Å². The molecule has 1 heterocycles. The van der Waals surface area contributed by atoms with Crippen LogP contribution < -0.4 is 5.32 Å². The van der Waals surface area contributed by atoms with Crippen molar-refractivity contribution < 1.29 is 4.74 Å². The fourth-order valence-corrected chi connectivity index (χ4v) is 3.12. The van der Waals surface area contributed by atoms with Crippen molar-refractivity contribution in [3.63, 3.8) is 0 Å². The first kappa shape index (κ1) is 16.4. The monoisotopic (exact) mass is 291 g/mol. The molecule has 2 rings (SSSR count). The molecule has 0 spiro atoms. The molecule has 0 unspecified atom stereocenters. The maximum absolute atomic E-state index is 5.01. The van der Waals surface area contributed by atoms with Gasteiger partial charge in [0.15, 0.2) is 0 Å². The predicted molar refractivity (Wildman–Crippen MR) is 85.2 cm³/mol. The van der Waals surface area contributed by atoms with Crippen molar-refractivity contribution in [3.8, 4) is 0 Å². The van der Waals surface area contributed by atoms with E-state index < -0.39 is 0 Å². The minimum absolute atomic E-state index is 0.565. The molecule has 1 aliphatic rings. The summed E-state index contributed by atoms with van der Waals surface area (Å²) in [6, 6.07) is 0. The van der Waals surface area contributed by atoms with Gasteiger partial charge >= 0.3 is 0 Å². The first-order valence-electron chi connectivity index (χ1n) is 8.21. The lowest BCUT2D eigenvalue weighted by atomic mass is 9.77. The number of rotatable bonds is 7. The van der Waals surface area contributed by atoms with E-state index in [1.807, 2.05) is 12.4 Å². The maximum Gasteiger partial charge on any atom is 0.131 e. The number of hydrogen-bond acceptors (Lipinski definition) is 4. The fourth-order valence-electron chi connectivity index (χ4n) is 3.12. The zero-order valence-electron chi connectivity index (χ0n) is 13.6. The molecule has 1 saturated carbocycles. The largest absolute Gasteiger partial charge is 0.383 e. The van der Waals surface area contributed by atoms with E-state index in [2.05, 4.69) is 29.1 Å². The Morgan fingerprint density at radius 2 is 1.86 bits per heavy atom. The molecular formula is C17H29N3O. The molecule has 0 radical (unpaired) electrons. The molecule has 1 aromatic rings. The van der Waals surface area contributed by atoms with Crippen molar-refractivity contribution in [2.45, 2.75) is 52.0 Å². The number of ether oxygens (including phenoxy) is 1. The van der Waals surface area contributed by atoms with Gasteiger partial charge in [-0.2, -0.15) is 0 Å². The van der Waals surface area contributed by atoms with Crippen LogP contribution in [0, 0.1) is 11.8 Å². The summed E-state index contributed by atoms with van der Waals surface area (Å²) in [6.45, 7) is 7.08. The average Bonchev–Trinajstić information content (AvgIpc) is 2.52. The van der Waals surface area contributed by atoms with Gasteiger partial charge in [-0.1, -0.05) is 13.8 Å². The lowest BCUT2D eigenvalue weighted by Crippen LogP contribution is -2.20. The van der Waals surface area contributed by atoms with Gasteiger partial charge in [-0.05, 0) is 37.5 Å². The summed E-state index contributed by atoms with van der Waals surface area (Å²) in [5, 5.41) is 3.31. The zero-order chi connectivity index (χ0) is 15.1. The van der Waals surface area contributed by atoms with Gasteiger partial charge in [-0.25, -0.2) is 9.97 Å². The molecule has 1 aliphatic carbocycles. The van der Waals surface area contributed by atoms with E-state index in [0.717, 1.165) is 42.9 Å². The maximum atomic E-state index is 5.01. The Morgan fingerprint density at radius 3 is 2.43 bits per heavy atom. The van der Waals surface area contributed by atoms with E-state index in [4.69, 9.17) is 4.74 Å². The van der Waals surface area contributed by atoms with Crippen LogP contribution in [-0.2, 0) is 11.3 Å². The lowest BCUT2D eigenvalue weighted by Gasteiger charge is -2.30. The van der Waals surface area contributed by atoms with Crippen LogP contribution in [0.3, 0.4) is 0 Å². The van der Waals surface area contributed by atoms with Crippen molar-refractivity contribution >= 4 is 0 Å². The SMILES string of the molecule is COCCNCc1cnc(C2CCC(C(C)C)CC2)nc1. The van der Waals surface area contributed by atoms with E-state index in [-0.39, 0.29) is 0 Å². The molecule has 0 bridgehead atoms. The van der Waals surface area contributed by atoms with E-state index >= 15 is 0 Å². The van der Waals surface area contributed by atoms with Gasteiger partial charge in [0.2, 0.25) is 0 Å². The van der Waals surface area contributed by atoms with Gasteiger partial charge in [0.25, 0.3) is 0 Å². The Kier molecular flexibility index (Phi) is 6.58. The van der Waals surface area contributed by atoms with Gasteiger partial charge in [0.1, 0.15) is 5.82 Å². The first-order valence-corrected chi connectivity index (χ1v) is 8.21. The van der Waals surface area contributed by atoms with Crippen LogP contribution in [0.25, 0.3) is 0 Å². The molecule has 21 heavy (non-hydrogen) atoms.